The number of benzene rings is 1. The van der Waals surface area contributed by atoms with Crippen LogP contribution in [0.3, 0.4) is 0 Å². The highest BCUT2D eigenvalue weighted by atomic mass is 19.1. The molecule has 0 aliphatic carbocycles. The fourth-order valence-corrected chi connectivity index (χ4v) is 1.87. The number of hydrogen-bond donors (Lipinski definition) is 0. The number of hydrogen-bond acceptors (Lipinski definition) is 2. The van der Waals surface area contributed by atoms with E-state index in [2.05, 4.69) is 21.9 Å². The first-order valence-corrected chi connectivity index (χ1v) is 5.81. The summed E-state index contributed by atoms with van der Waals surface area (Å²) in [6.45, 7) is 1.76. The Hall–Kier alpha value is -2.67. The van der Waals surface area contributed by atoms with Crippen LogP contribution in [0.1, 0.15) is 6.92 Å². The van der Waals surface area contributed by atoms with Gasteiger partial charge in [0.05, 0.1) is 11.3 Å². The molecule has 3 rings (SSSR count). The predicted molar refractivity (Wildman–Crippen MR) is 70.9 cm³/mol. The van der Waals surface area contributed by atoms with Gasteiger partial charge in [0.2, 0.25) is 0 Å². The summed E-state index contributed by atoms with van der Waals surface area (Å²) in [5.41, 5.74) is 1.84. The second kappa shape index (κ2) is 4.54. The summed E-state index contributed by atoms with van der Waals surface area (Å²) < 4.78 is 15.4. The molecule has 0 unspecified atom stereocenters. The summed E-state index contributed by atoms with van der Waals surface area (Å²) in [5.74, 6) is 2.88. The molecule has 0 bridgehead atoms. The third-order valence-electron chi connectivity index (χ3n) is 2.73. The van der Waals surface area contributed by atoms with Crippen molar-refractivity contribution in [2.24, 2.45) is 0 Å². The Labute approximate surface area is 110 Å². The van der Waals surface area contributed by atoms with Crippen molar-refractivity contribution in [3.05, 3.63) is 48.5 Å². The molecular weight excluding hydrogens is 241 g/mol. The van der Waals surface area contributed by atoms with Crippen molar-refractivity contribution in [1.29, 1.82) is 0 Å². The number of halogens is 1. The van der Waals surface area contributed by atoms with Crippen LogP contribution < -0.4 is 0 Å². The van der Waals surface area contributed by atoms with E-state index < -0.39 is 0 Å². The maximum Gasteiger partial charge on any atom is 0.163 e. The molecule has 4 heteroatoms. The van der Waals surface area contributed by atoms with Crippen LogP contribution in [0.4, 0.5) is 4.39 Å². The first-order valence-electron chi connectivity index (χ1n) is 5.81. The number of nitrogens with zero attached hydrogens (tertiary/aromatic N) is 3. The van der Waals surface area contributed by atoms with Crippen molar-refractivity contribution in [3.8, 4) is 34.7 Å². The number of fused-ring (bicyclic) bond motifs is 1. The van der Waals surface area contributed by atoms with Gasteiger partial charge in [-0.05, 0) is 25.1 Å². The van der Waals surface area contributed by atoms with Crippen molar-refractivity contribution >= 4 is 0 Å². The molecule has 0 saturated carbocycles. The number of pyridine rings is 1. The van der Waals surface area contributed by atoms with Crippen LogP contribution in [-0.4, -0.2) is 14.5 Å². The Bertz CT molecular complexity index is 765. The van der Waals surface area contributed by atoms with E-state index in [-0.39, 0.29) is 5.82 Å². The van der Waals surface area contributed by atoms with E-state index >= 15 is 0 Å². The molecule has 0 aromatic heterocycles. The molecule has 19 heavy (non-hydrogen) atoms. The van der Waals surface area contributed by atoms with Crippen molar-refractivity contribution in [2.45, 2.75) is 6.92 Å². The van der Waals surface area contributed by atoms with Crippen LogP contribution in [0.5, 0.6) is 0 Å². The van der Waals surface area contributed by atoms with Crippen molar-refractivity contribution < 1.29 is 4.39 Å². The van der Waals surface area contributed by atoms with E-state index in [9.17, 15) is 4.39 Å². The minimum absolute atomic E-state index is 0.320. The quantitative estimate of drug-likeness (QED) is 0.622. The van der Waals surface area contributed by atoms with Gasteiger partial charge in [0.1, 0.15) is 11.5 Å². The molecule has 2 aliphatic rings. The Balaban J connectivity index is 2.14. The number of rotatable bonds is 1. The summed E-state index contributed by atoms with van der Waals surface area (Å²) in [4.78, 5) is 8.68. The molecule has 92 valence electrons. The van der Waals surface area contributed by atoms with Gasteiger partial charge >= 0.3 is 0 Å². The van der Waals surface area contributed by atoms with E-state index in [4.69, 9.17) is 0 Å². The summed E-state index contributed by atoms with van der Waals surface area (Å²) in [7, 11) is 0. The molecule has 3 nitrogen and oxygen atoms in total. The van der Waals surface area contributed by atoms with Gasteiger partial charge in [0, 0.05) is 18.4 Å². The zero-order chi connectivity index (χ0) is 13.2. The molecule has 0 atom stereocenters. The largest absolute Gasteiger partial charge is 0.282 e. The predicted octanol–water partition coefficient (Wildman–Crippen LogP) is 3.02. The van der Waals surface area contributed by atoms with Gasteiger partial charge in [0.25, 0.3) is 0 Å². The van der Waals surface area contributed by atoms with Crippen LogP contribution in [0.25, 0.3) is 22.8 Å². The minimum Gasteiger partial charge on any atom is -0.282 e. The minimum atomic E-state index is -0.320. The molecule has 1 aromatic carbocycles. The zero-order valence-electron chi connectivity index (χ0n) is 10.3. The van der Waals surface area contributed by atoms with E-state index in [0.717, 1.165) is 5.69 Å². The lowest BCUT2D eigenvalue weighted by Gasteiger charge is -1.97. The monoisotopic (exact) mass is 251 g/mol. The molecule has 0 saturated heterocycles. The van der Waals surface area contributed by atoms with Crippen LogP contribution in [0.2, 0.25) is 0 Å². The van der Waals surface area contributed by atoms with E-state index in [1.54, 1.807) is 42.1 Å². The van der Waals surface area contributed by atoms with Crippen LogP contribution in [0, 0.1) is 17.8 Å². The second-order valence-corrected chi connectivity index (χ2v) is 4.01. The molecule has 0 radical (unpaired) electrons. The van der Waals surface area contributed by atoms with Gasteiger partial charge in [0.15, 0.2) is 5.82 Å². The zero-order valence-corrected chi connectivity index (χ0v) is 10.3. The van der Waals surface area contributed by atoms with Gasteiger partial charge in [-0.1, -0.05) is 18.1 Å². The molecule has 2 aliphatic heterocycles. The van der Waals surface area contributed by atoms with E-state index in [0.29, 0.717) is 17.1 Å². The van der Waals surface area contributed by atoms with Crippen LogP contribution in [-0.2, 0) is 0 Å². The highest BCUT2D eigenvalue weighted by Crippen LogP contribution is 2.25. The van der Waals surface area contributed by atoms with Gasteiger partial charge in [-0.2, -0.15) is 0 Å². The highest BCUT2D eigenvalue weighted by Gasteiger charge is 2.14. The Morgan fingerprint density at radius 3 is 2.68 bits per heavy atom. The maximum atomic E-state index is 13.7. The normalized spacial score (nSPS) is 10.2. The summed E-state index contributed by atoms with van der Waals surface area (Å²) in [5, 5.41) is 0. The SMILES string of the molecule is CC#Cn1ccc2nc(-c3ccccc3F)nc-2c1. The smallest absolute Gasteiger partial charge is 0.163 e. The van der Waals surface area contributed by atoms with Gasteiger partial charge in [-0.3, -0.25) is 4.57 Å². The van der Waals surface area contributed by atoms with Crippen LogP contribution >= 0.6 is 0 Å². The lowest BCUT2D eigenvalue weighted by Crippen LogP contribution is -1.91. The first kappa shape index (κ1) is 11.4. The Morgan fingerprint density at radius 2 is 1.89 bits per heavy atom. The van der Waals surface area contributed by atoms with E-state index in [1.165, 1.54) is 6.07 Å². The second-order valence-electron chi connectivity index (χ2n) is 4.01. The average molecular weight is 251 g/mol. The maximum absolute atomic E-state index is 13.7. The topological polar surface area (TPSA) is 30.7 Å². The average Bonchev–Trinajstić information content (AvgIpc) is 2.82. The fraction of sp³-hybridized carbons (Fsp3) is 0.0667. The number of imidazole rings is 1. The summed E-state index contributed by atoms with van der Waals surface area (Å²) in [6, 6.07) is 11.2. The van der Waals surface area contributed by atoms with E-state index in [1.807, 2.05) is 6.07 Å². The first-order chi connectivity index (χ1) is 9.28. The Morgan fingerprint density at radius 1 is 1.11 bits per heavy atom. The van der Waals surface area contributed by atoms with Crippen molar-refractivity contribution in [2.75, 3.05) is 0 Å². The van der Waals surface area contributed by atoms with Crippen molar-refractivity contribution in [3.63, 3.8) is 0 Å². The third-order valence-corrected chi connectivity index (χ3v) is 2.73. The van der Waals surface area contributed by atoms with Gasteiger partial charge in [-0.15, -0.1) is 0 Å². The molecule has 1 aromatic rings. The molecule has 0 fully saturated rings. The molecule has 0 N–H and O–H groups in total. The molecule has 0 spiro atoms. The van der Waals surface area contributed by atoms with Gasteiger partial charge in [-0.25, -0.2) is 14.4 Å². The summed E-state index contributed by atoms with van der Waals surface area (Å²) >= 11 is 0. The number of aromatic nitrogens is 3. The van der Waals surface area contributed by atoms with Crippen LogP contribution in [0.15, 0.2) is 42.7 Å². The summed E-state index contributed by atoms with van der Waals surface area (Å²) in [6.07, 6.45) is 3.59. The standard InChI is InChI=1S/C15H10FN3/c1-2-8-19-9-7-13-14(10-19)18-15(17-13)11-5-3-4-6-12(11)16/h3-7,9-10H,1H3. The fourth-order valence-electron chi connectivity index (χ4n) is 1.87. The Kier molecular flexibility index (Phi) is 2.73. The van der Waals surface area contributed by atoms with Gasteiger partial charge < -0.3 is 0 Å². The molecule has 2 heterocycles. The highest BCUT2D eigenvalue weighted by molar-refractivity contribution is 5.66. The lowest BCUT2D eigenvalue weighted by atomic mass is 10.2. The van der Waals surface area contributed by atoms with Crippen molar-refractivity contribution in [1.82, 2.24) is 14.5 Å². The molecule has 0 amide bonds. The third kappa shape index (κ3) is 2.06. The molecular formula is C15H10FN3. The lowest BCUT2D eigenvalue weighted by molar-refractivity contribution is 0.630.